The van der Waals surface area contributed by atoms with E-state index in [1.807, 2.05) is 0 Å². The number of halogens is 2. The fourth-order valence-electron chi connectivity index (χ4n) is 1.58. The van der Waals surface area contributed by atoms with Crippen molar-refractivity contribution in [2.45, 2.75) is 0 Å². The van der Waals surface area contributed by atoms with Crippen molar-refractivity contribution in [3.05, 3.63) is 22.4 Å². The minimum absolute atomic E-state index is 0.0621. The van der Waals surface area contributed by atoms with Gasteiger partial charge in [-0.3, -0.25) is 0 Å². The molecule has 0 spiro atoms. The summed E-state index contributed by atoms with van der Waals surface area (Å²) in [4.78, 5) is 0. The first kappa shape index (κ1) is 12.7. The zero-order chi connectivity index (χ0) is 13.3. The van der Waals surface area contributed by atoms with Gasteiger partial charge in [-0.15, -0.1) is 0 Å². The quantitative estimate of drug-likeness (QED) is 0.942. The third-order valence-corrected chi connectivity index (χ3v) is 3.06. The number of rotatable bonds is 3. The summed E-state index contributed by atoms with van der Waals surface area (Å²) >= 11 is 3.23. The number of ether oxygens (including phenoxy) is 2. The molecule has 0 aliphatic carbocycles. The number of hydrogen-bond acceptors (Lipinski definition) is 5. The first-order valence-electron chi connectivity index (χ1n) is 4.91. The van der Waals surface area contributed by atoms with Crippen LogP contribution in [0.4, 0.5) is 10.3 Å². The van der Waals surface area contributed by atoms with Gasteiger partial charge in [0.15, 0.2) is 11.6 Å². The molecule has 0 amide bonds. The zero-order valence-corrected chi connectivity index (χ0v) is 11.2. The molecule has 0 fully saturated rings. The van der Waals surface area contributed by atoms with Crippen molar-refractivity contribution in [3.63, 3.8) is 0 Å². The van der Waals surface area contributed by atoms with E-state index in [-0.39, 0.29) is 11.6 Å². The summed E-state index contributed by atoms with van der Waals surface area (Å²) in [5, 5.41) is 3.72. The van der Waals surface area contributed by atoms with Crippen LogP contribution in [0.3, 0.4) is 0 Å². The number of nitrogen functional groups attached to an aromatic ring is 1. The maximum absolute atomic E-state index is 13.8. The molecule has 18 heavy (non-hydrogen) atoms. The highest BCUT2D eigenvalue weighted by molar-refractivity contribution is 9.10. The van der Waals surface area contributed by atoms with Crippen molar-refractivity contribution in [3.8, 4) is 22.8 Å². The second-order valence-electron chi connectivity index (χ2n) is 3.40. The predicted octanol–water partition coefficient (Wildman–Crippen LogP) is 2.84. The monoisotopic (exact) mass is 316 g/mol. The molecule has 0 bridgehead atoms. The average molecular weight is 317 g/mol. The van der Waals surface area contributed by atoms with Crippen molar-refractivity contribution in [2.24, 2.45) is 0 Å². The van der Waals surface area contributed by atoms with E-state index in [1.165, 1.54) is 26.4 Å². The molecule has 0 aliphatic rings. The second kappa shape index (κ2) is 4.85. The van der Waals surface area contributed by atoms with E-state index in [9.17, 15) is 4.39 Å². The minimum Gasteiger partial charge on any atom is -0.495 e. The van der Waals surface area contributed by atoms with Gasteiger partial charge in [-0.05, 0) is 22.0 Å². The molecular formula is C11H10BrFN2O3. The van der Waals surface area contributed by atoms with Crippen LogP contribution in [0.1, 0.15) is 0 Å². The van der Waals surface area contributed by atoms with Gasteiger partial charge >= 0.3 is 0 Å². The Morgan fingerprint density at radius 2 is 1.94 bits per heavy atom. The SMILES string of the molecule is COc1c(F)cc(-c2cc(N)on2)c(OC)c1Br. The third kappa shape index (κ3) is 2.01. The lowest BCUT2D eigenvalue weighted by Crippen LogP contribution is -1.96. The van der Waals surface area contributed by atoms with Crippen LogP contribution in [-0.2, 0) is 0 Å². The topological polar surface area (TPSA) is 70.5 Å². The van der Waals surface area contributed by atoms with Gasteiger partial charge < -0.3 is 19.7 Å². The van der Waals surface area contributed by atoms with E-state index in [4.69, 9.17) is 19.7 Å². The number of benzene rings is 1. The second-order valence-corrected chi connectivity index (χ2v) is 4.19. The van der Waals surface area contributed by atoms with Gasteiger partial charge in [-0.25, -0.2) is 4.39 Å². The lowest BCUT2D eigenvalue weighted by Gasteiger charge is -2.12. The first-order chi connectivity index (χ1) is 8.58. The number of methoxy groups -OCH3 is 2. The van der Waals surface area contributed by atoms with E-state index in [0.29, 0.717) is 21.5 Å². The number of anilines is 1. The van der Waals surface area contributed by atoms with Crippen molar-refractivity contribution >= 4 is 21.8 Å². The van der Waals surface area contributed by atoms with Gasteiger partial charge in [0.25, 0.3) is 0 Å². The molecule has 0 saturated carbocycles. The van der Waals surface area contributed by atoms with Gasteiger partial charge in [0.2, 0.25) is 5.88 Å². The average Bonchev–Trinajstić information content (AvgIpc) is 2.75. The van der Waals surface area contributed by atoms with Gasteiger partial charge in [0, 0.05) is 6.07 Å². The van der Waals surface area contributed by atoms with Gasteiger partial charge in [-0.2, -0.15) is 0 Å². The van der Waals surface area contributed by atoms with Crippen LogP contribution >= 0.6 is 15.9 Å². The van der Waals surface area contributed by atoms with Crippen molar-refractivity contribution in [1.82, 2.24) is 5.16 Å². The van der Waals surface area contributed by atoms with Crippen LogP contribution in [0, 0.1) is 5.82 Å². The molecule has 1 heterocycles. The van der Waals surface area contributed by atoms with Crippen LogP contribution in [-0.4, -0.2) is 19.4 Å². The number of hydrogen-bond donors (Lipinski definition) is 1. The summed E-state index contributed by atoms with van der Waals surface area (Å²) in [6, 6.07) is 2.73. The molecule has 1 aromatic carbocycles. The summed E-state index contributed by atoms with van der Waals surface area (Å²) in [6.07, 6.45) is 0. The molecule has 0 radical (unpaired) electrons. The number of nitrogens with two attached hydrogens (primary N) is 1. The summed E-state index contributed by atoms with van der Waals surface area (Å²) in [5.41, 5.74) is 6.24. The highest BCUT2D eigenvalue weighted by Gasteiger charge is 2.21. The Kier molecular flexibility index (Phi) is 3.42. The van der Waals surface area contributed by atoms with Crippen LogP contribution < -0.4 is 15.2 Å². The van der Waals surface area contributed by atoms with Crippen molar-refractivity contribution in [2.75, 3.05) is 20.0 Å². The largest absolute Gasteiger partial charge is 0.495 e. The maximum Gasteiger partial charge on any atom is 0.222 e. The fourth-order valence-corrected chi connectivity index (χ4v) is 2.30. The van der Waals surface area contributed by atoms with Crippen LogP contribution in [0.5, 0.6) is 11.5 Å². The minimum atomic E-state index is -0.540. The van der Waals surface area contributed by atoms with Gasteiger partial charge in [0.05, 0.1) is 19.8 Å². The molecule has 2 aromatic rings. The molecule has 0 atom stereocenters. The molecule has 2 N–H and O–H groups in total. The Morgan fingerprint density at radius 1 is 1.28 bits per heavy atom. The van der Waals surface area contributed by atoms with Crippen LogP contribution in [0.2, 0.25) is 0 Å². The Morgan fingerprint density at radius 3 is 2.44 bits per heavy atom. The lowest BCUT2D eigenvalue weighted by molar-refractivity contribution is 0.369. The van der Waals surface area contributed by atoms with Crippen LogP contribution in [0.15, 0.2) is 21.1 Å². The summed E-state index contributed by atoms with van der Waals surface area (Å²) in [7, 11) is 2.83. The van der Waals surface area contributed by atoms with Gasteiger partial charge in [0.1, 0.15) is 15.9 Å². The standard InChI is InChI=1S/C11H10BrFN2O3/c1-16-10-5(7-4-8(14)18-15-7)3-6(13)11(17-2)9(10)12/h3-4H,14H2,1-2H3. The van der Waals surface area contributed by atoms with E-state index in [0.717, 1.165) is 0 Å². The summed E-state index contributed by atoms with van der Waals surface area (Å²) < 4.78 is 29.1. The zero-order valence-electron chi connectivity index (χ0n) is 9.66. The highest BCUT2D eigenvalue weighted by atomic mass is 79.9. The lowest BCUT2D eigenvalue weighted by atomic mass is 10.1. The highest BCUT2D eigenvalue weighted by Crippen LogP contribution is 2.43. The number of nitrogens with zero attached hydrogens (tertiary/aromatic N) is 1. The number of aromatic nitrogens is 1. The molecule has 2 rings (SSSR count). The van der Waals surface area contributed by atoms with Crippen molar-refractivity contribution in [1.29, 1.82) is 0 Å². The van der Waals surface area contributed by atoms with Crippen LogP contribution in [0.25, 0.3) is 11.3 Å². The molecule has 5 nitrogen and oxygen atoms in total. The third-order valence-electron chi connectivity index (χ3n) is 2.34. The molecular weight excluding hydrogens is 307 g/mol. The van der Waals surface area contributed by atoms with E-state index in [2.05, 4.69) is 21.1 Å². The predicted molar refractivity (Wildman–Crippen MR) is 67.1 cm³/mol. The molecule has 7 heteroatoms. The maximum atomic E-state index is 13.8. The Bertz CT molecular complexity index is 586. The Hall–Kier alpha value is -1.76. The van der Waals surface area contributed by atoms with Gasteiger partial charge in [-0.1, -0.05) is 5.16 Å². The molecule has 0 saturated heterocycles. The molecule has 0 unspecified atom stereocenters. The normalized spacial score (nSPS) is 10.4. The van der Waals surface area contributed by atoms with E-state index >= 15 is 0 Å². The molecule has 0 aliphatic heterocycles. The smallest absolute Gasteiger partial charge is 0.222 e. The molecule has 96 valence electrons. The Balaban J connectivity index is 2.68. The first-order valence-corrected chi connectivity index (χ1v) is 5.70. The van der Waals surface area contributed by atoms with E-state index < -0.39 is 5.82 Å². The van der Waals surface area contributed by atoms with E-state index in [1.54, 1.807) is 0 Å². The summed E-state index contributed by atoms with van der Waals surface area (Å²) in [6.45, 7) is 0. The molecule has 1 aromatic heterocycles. The van der Waals surface area contributed by atoms with Crippen molar-refractivity contribution < 1.29 is 18.4 Å². The summed E-state index contributed by atoms with van der Waals surface area (Å²) in [5.74, 6) is 0.0507. The fraction of sp³-hybridized carbons (Fsp3) is 0.182. The Labute approximate surface area is 111 Å².